The number of dihydropyridines is 1. The molecule has 2 atom stereocenters. The van der Waals surface area contributed by atoms with Crippen LogP contribution >= 0.6 is 0 Å². The van der Waals surface area contributed by atoms with Crippen molar-refractivity contribution < 1.29 is 19.1 Å². The number of ketones is 1. The maximum atomic E-state index is 11.5. The van der Waals surface area contributed by atoms with E-state index < -0.39 is 0 Å². The molecule has 0 saturated carbocycles. The zero-order valence-electron chi connectivity index (χ0n) is 7.93. The lowest BCUT2D eigenvalue weighted by Gasteiger charge is -2.23. The number of hydrogen-bond donors (Lipinski definition) is 0. The highest BCUT2D eigenvalue weighted by Crippen LogP contribution is 2.28. The summed E-state index contributed by atoms with van der Waals surface area (Å²) in [6.45, 7) is 0.747. The number of aliphatic imine (C=N–C) groups is 1. The first kappa shape index (κ1) is 8.79. The largest absolute Gasteiger partial charge is 0.463 e. The van der Waals surface area contributed by atoms with E-state index in [0.29, 0.717) is 24.5 Å². The van der Waals surface area contributed by atoms with Gasteiger partial charge in [-0.1, -0.05) is 6.08 Å². The third-order valence-electron chi connectivity index (χ3n) is 2.83. The summed E-state index contributed by atoms with van der Waals surface area (Å²) < 4.78 is 9.98. The van der Waals surface area contributed by atoms with E-state index in [1.165, 1.54) is 0 Å². The number of rotatable bonds is 0. The summed E-state index contributed by atoms with van der Waals surface area (Å²) >= 11 is 0. The van der Waals surface area contributed by atoms with E-state index >= 15 is 0 Å². The lowest BCUT2D eigenvalue weighted by Crippen LogP contribution is -2.35. The second-order valence-corrected chi connectivity index (χ2v) is 3.80. The van der Waals surface area contributed by atoms with Crippen molar-refractivity contribution in [2.45, 2.75) is 6.04 Å². The van der Waals surface area contributed by atoms with Gasteiger partial charge in [-0.25, -0.2) is 0 Å². The summed E-state index contributed by atoms with van der Waals surface area (Å²) in [4.78, 5) is 27.1. The van der Waals surface area contributed by atoms with Gasteiger partial charge >= 0.3 is 5.97 Å². The van der Waals surface area contributed by atoms with Crippen molar-refractivity contribution in [2.75, 3.05) is 19.8 Å². The van der Waals surface area contributed by atoms with E-state index in [2.05, 4.69) is 4.99 Å². The van der Waals surface area contributed by atoms with E-state index in [1.807, 2.05) is 0 Å². The Bertz CT molecular complexity index is 410. The number of carbonyl (C=O) groups is 2. The van der Waals surface area contributed by atoms with Gasteiger partial charge in [0.05, 0.1) is 12.3 Å². The van der Waals surface area contributed by atoms with Gasteiger partial charge in [0, 0.05) is 5.57 Å². The Labute approximate surface area is 85.8 Å². The van der Waals surface area contributed by atoms with Crippen LogP contribution in [0.3, 0.4) is 0 Å². The van der Waals surface area contributed by atoms with Crippen molar-refractivity contribution >= 4 is 17.5 Å². The summed E-state index contributed by atoms with van der Waals surface area (Å²) in [6, 6.07) is -0.161. The molecule has 2 fully saturated rings. The minimum atomic E-state index is -0.370. The Morgan fingerprint density at radius 3 is 3.07 bits per heavy atom. The van der Waals surface area contributed by atoms with Crippen LogP contribution < -0.4 is 0 Å². The number of nitrogens with zero attached hydrogens (tertiary/aromatic N) is 1. The molecule has 0 aromatic carbocycles. The lowest BCUT2D eigenvalue weighted by molar-refractivity contribution is -0.140. The predicted octanol–water partition coefficient (Wildman–Crippen LogP) is -0.492. The second kappa shape index (κ2) is 3.00. The third-order valence-corrected chi connectivity index (χ3v) is 2.83. The van der Waals surface area contributed by atoms with Gasteiger partial charge in [-0.15, -0.1) is 0 Å². The van der Waals surface area contributed by atoms with Crippen LogP contribution in [0.1, 0.15) is 0 Å². The zero-order valence-corrected chi connectivity index (χ0v) is 7.93. The molecule has 3 heterocycles. The van der Waals surface area contributed by atoms with Crippen molar-refractivity contribution in [3.05, 3.63) is 11.6 Å². The topological polar surface area (TPSA) is 65.0 Å². The van der Waals surface area contributed by atoms with Crippen LogP contribution in [0.5, 0.6) is 0 Å². The number of Topliss-reactive ketones (excluding diaryl/α,β-unsaturated/α-hetero) is 1. The van der Waals surface area contributed by atoms with E-state index in [9.17, 15) is 9.59 Å². The molecule has 0 N–H and O–H groups in total. The number of fused-ring (bicyclic) bond motifs is 2. The number of ether oxygens (including phenoxy) is 2. The van der Waals surface area contributed by atoms with Gasteiger partial charge < -0.3 is 9.47 Å². The highest BCUT2D eigenvalue weighted by Gasteiger charge is 2.40. The molecule has 0 bridgehead atoms. The Morgan fingerprint density at radius 2 is 2.20 bits per heavy atom. The number of carbonyl (C=O) groups excluding carboxylic acids is 2. The van der Waals surface area contributed by atoms with Gasteiger partial charge in [-0.2, -0.15) is 0 Å². The molecule has 0 aliphatic carbocycles. The molecule has 15 heavy (non-hydrogen) atoms. The number of esters is 1. The van der Waals surface area contributed by atoms with E-state index in [-0.39, 0.29) is 30.3 Å². The van der Waals surface area contributed by atoms with Crippen molar-refractivity contribution in [2.24, 2.45) is 10.9 Å². The highest BCUT2D eigenvalue weighted by molar-refractivity contribution is 6.25. The molecular formula is C10H9NO4. The van der Waals surface area contributed by atoms with Crippen molar-refractivity contribution in [3.63, 3.8) is 0 Å². The quantitative estimate of drug-likeness (QED) is 0.503. The Balaban J connectivity index is 2.01. The van der Waals surface area contributed by atoms with Gasteiger partial charge in [0.25, 0.3) is 0 Å². The first-order valence-electron chi connectivity index (χ1n) is 4.82. The van der Waals surface area contributed by atoms with E-state index in [4.69, 9.17) is 9.47 Å². The average molecular weight is 207 g/mol. The Kier molecular flexibility index (Phi) is 1.76. The van der Waals surface area contributed by atoms with Crippen LogP contribution in [0.2, 0.25) is 0 Å². The van der Waals surface area contributed by atoms with Crippen molar-refractivity contribution in [1.82, 2.24) is 0 Å². The molecule has 0 aromatic rings. The summed E-state index contributed by atoms with van der Waals surface area (Å²) in [6.07, 6.45) is 1.69. The SMILES string of the molecule is O=C1COCC2=NC3COC(=O)C3C=C12. The maximum Gasteiger partial charge on any atom is 0.315 e. The Morgan fingerprint density at radius 1 is 1.33 bits per heavy atom. The first-order chi connectivity index (χ1) is 7.25. The summed E-state index contributed by atoms with van der Waals surface area (Å²) in [5, 5.41) is 0. The van der Waals surface area contributed by atoms with Gasteiger partial charge in [0.2, 0.25) is 0 Å². The molecule has 78 valence electrons. The molecule has 3 rings (SSSR count). The molecule has 5 nitrogen and oxygen atoms in total. The van der Waals surface area contributed by atoms with E-state index in [1.54, 1.807) is 6.08 Å². The molecule has 0 amide bonds. The zero-order chi connectivity index (χ0) is 10.4. The predicted molar refractivity (Wildman–Crippen MR) is 49.6 cm³/mol. The molecule has 0 aromatic heterocycles. The fraction of sp³-hybridized carbons (Fsp3) is 0.500. The highest BCUT2D eigenvalue weighted by atomic mass is 16.5. The van der Waals surface area contributed by atoms with Gasteiger partial charge in [0.15, 0.2) is 5.78 Å². The average Bonchev–Trinajstić information content (AvgIpc) is 2.59. The first-order valence-corrected chi connectivity index (χ1v) is 4.82. The van der Waals surface area contributed by atoms with Crippen LogP contribution in [0.4, 0.5) is 0 Å². The summed E-state index contributed by atoms with van der Waals surface area (Å²) in [5.41, 5.74) is 1.20. The molecule has 0 radical (unpaired) electrons. The van der Waals surface area contributed by atoms with Crippen molar-refractivity contribution in [1.29, 1.82) is 0 Å². The summed E-state index contributed by atoms with van der Waals surface area (Å²) in [7, 11) is 0. The molecule has 3 aliphatic rings. The van der Waals surface area contributed by atoms with E-state index in [0.717, 1.165) is 0 Å². The molecule has 2 saturated heterocycles. The monoisotopic (exact) mass is 207 g/mol. The molecule has 0 spiro atoms. The minimum absolute atomic E-state index is 0.0806. The molecule has 2 unspecified atom stereocenters. The van der Waals surface area contributed by atoms with Crippen molar-refractivity contribution in [3.8, 4) is 0 Å². The fourth-order valence-corrected chi connectivity index (χ4v) is 2.05. The third kappa shape index (κ3) is 1.23. The van der Waals surface area contributed by atoms with Gasteiger partial charge in [-0.3, -0.25) is 14.6 Å². The minimum Gasteiger partial charge on any atom is -0.463 e. The van der Waals surface area contributed by atoms with Crippen LogP contribution in [0, 0.1) is 5.92 Å². The van der Waals surface area contributed by atoms with Gasteiger partial charge in [0.1, 0.15) is 25.2 Å². The maximum absolute atomic E-state index is 11.5. The number of cyclic esters (lactones) is 1. The second-order valence-electron chi connectivity index (χ2n) is 3.80. The Hall–Kier alpha value is -1.49. The normalized spacial score (nSPS) is 33.9. The summed E-state index contributed by atoms with van der Waals surface area (Å²) in [5.74, 6) is -0.751. The van der Waals surface area contributed by atoms with Crippen LogP contribution in [-0.2, 0) is 19.1 Å². The molecule has 3 aliphatic heterocycles. The van der Waals surface area contributed by atoms with Crippen LogP contribution in [0.25, 0.3) is 0 Å². The smallest absolute Gasteiger partial charge is 0.315 e. The molecular weight excluding hydrogens is 198 g/mol. The fourth-order valence-electron chi connectivity index (χ4n) is 2.05. The van der Waals surface area contributed by atoms with Crippen LogP contribution in [0.15, 0.2) is 16.6 Å². The molecule has 5 heteroatoms. The van der Waals surface area contributed by atoms with Gasteiger partial charge in [-0.05, 0) is 0 Å². The lowest BCUT2D eigenvalue weighted by atomic mass is 9.91. The standard InChI is InChI=1S/C10H9NO4/c12-9-4-14-2-7-5(9)1-6-8(11-7)3-15-10(6)13/h1,6,8H,2-4H2. The van der Waals surface area contributed by atoms with Crippen LogP contribution in [-0.4, -0.2) is 43.3 Å². The number of hydrogen-bond acceptors (Lipinski definition) is 5.